The van der Waals surface area contributed by atoms with Crippen molar-refractivity contribution in [1.82, 2.24) is 0 Å². The van der Waals surface area contributed by atoms with Gasteiger partial charge in [0.15, 0.2) is 0 Å². The second kappa shape index (κ2) is 6.01. The third-order valence-electron chi connectivity index (χ3n) is 1.86. The van der Waals surface area contributed by atoms with Crippen LogP contribution >= 0.6 is 11.6 Å². The van der Waals surface area contributed by atoms with E-state index in [0.717, 1.165) is 6.92 Å². The average molecular weight is 239 g/mol. The predicted octanol–water partition coefficient (Wildman–Crippen LogP) is 5.03. The molecule has 15 heavy (non-hydrogen) atoms. The van der Waals surface area contributed by atoms with E-state index in [1.165, 1.54) is 24.3 Å². The summed E-state index contributed by atoms with van der Waals surface area (Å²) in [6.07, 6.45) is -4.19. The van der Waals surface area contributed by atoms with E-state index in [9.17, 15) is 13.2 Å². The smallest absolute Gasteiger partial charge is 0.170 e. The molecule has 0 saturated heterocycles. The topological polar surface area (TPSA) is 0 Å². The second-order valence-electron chi connectivity index (χ2n) is 2.81. The van der Waals surface area contributed by atoms with Gasteiger partial charge < -0.3 is 0 Å². The second-order valence-corrected chi connectivity index (χ2v) is 3.25. The zero-order valence-corrected chi connectivity index (χ0v) is 9.65. The molecule has 0 nitrogen and oxygen atoms in total. The van der Waals surface area contributed by atoms with Gasteiger partial charge in [0, 0.05) is 5.02 Å². The highest BCUT2D eigenvalue weighted by Crippen LogP contribution is 2.34. The summed E-state index contributed by atoms with van der Waals surface area (Å²) in [5.41, 5.74) is 0.233. The Hall–Kier alpha value is -0.700. The van der Waals surface area contributed by atoms with Gasteiger partial charge in [0.25, 0.3) is 0 Å². The van der Waals surface area contributed by atoms with Gasteiger partial charge in [0.05, 0.1) is 5.92 Å². The van der Waals surface area contributed by atoms with Crippen molar-refractivity contribution in [3.63, 3.8) is 0 Å². The van der Waals surface area contributed by atoms with Gasteiger partial charge in [-0.15, -0.1) is 0 Å². The maximum absolute atomic E-state index is 12.2. The van der Waals surface area contributed by atoms with Crippen molar-refractivity contribution in [2.24, 2.45) is 0 Å². The van der Waals surface area contributed by atoms with E-state index >= 15 is 0 Å². The SMILES string of the molecule is CC.CC(c1ccc(Cl)cc1)C(F)(F)F. The van der Waals surface area contributed by atoms with E-state index in [0.29, 0.717) is 5.02 Å². The molecule has 4 heteroatoms. The van der Waals surface area contributed by atoms with Gasteiger partial charge >= 0.3 is 6.18 Å². The highest BCUT2D eigenvalue weighted by Gasteiger charge is 2.36. The Kier molecular flexibility index (Phi) is 5.73. The zero-order chi connectivity index (χ0) is 12.1. The molecule has 1 aromatic carbocycles. The van der Waals surface area contributed by atoms with Gasteiger partial charge in [-0.05, 0) is 24.6 Å². The van der Waals surface area contributed by atoms with Crippen molar-refractivity contribution in [2.45, 2.75) is 32.9 Å². The van der Waals surface area contributed by atoms with E-state index in [2.05, 4.69) is 0 Å². The Labute approximate surface area is 93.1 Å². The number of rotatable bonds is 1. The van der Waals surface area contributed by atoms with E-state index in [1.807, 2.05) is 13.8 Å². The molecule has 0 radical (unpaired) electrons. The lowest BCUT2D eigenvalue weighted by Crippen LogP contribution is -2.17. The number of benzene rings is 1. The van der Waals surface area contributed by atoms with Crippen LogP contribution in [0.1, 0.15) is 32.3 Å². The molecule has 1 rings (SSSR count). The van der Waals surface area contributed by atoms with Crippen LogP contribution in [0.25, 0.3) is 0 Å². The predicted molar refractivity (Wildman–Crippen MR) is 57.3 cm³/mol. The largest absolute Gasteiger partial charge is 0.395 e. The van der Waals surface area contributed by atoms with Gasteiger partial charge in [-0.25, -0.2) is 0 Å². The van der Waals surface area contributed by atoms with Crippen molar-refractivity contribution >= 4 is 11.6 Å². The van der Waals surface area contributed by atoms with Crippen molar-refractivity contribution < 1.29 is 13.2 Å². The van der Waals surface area contributed by atoms with Crippen LogP contribution in [0, 0.1) is 0 Å². The molecule has 1 atom stereocenters. The Balaban J connectivity index is 0.000000921. The van der Waals surface area contributed by atoms with Crippen LogP contribution in [0.3, 0.4) is 0 Å². The fourth-order valence-corrected chi connectivity index (χ4v) is 1.07. The summed E-state index contributed by atoms with van der Waals surface area (Å²) in [6.45, 7) is 5.13. The van der Waals surface area contributed by atoms with E-state index in [4.69, 9.17) is 11.6 Å². The molecule has 1 unspecified atom stereocenters. The van der Waals surface area contributed by atoms with Crippen LogP contribution in [0.4, 0.5) is 13.2 Å². The lowest BCUT2D eigenvalue weighted by Gasteiger charge is -2.15. The minimum atomic E-state index is -4.19. The molecule has 0 aliphatic rings. The molecular formula is C11H14ClF3. The summed E-state index contributed by atoms with van der Waals surface area (Å²) < 4.78 is 36.6. The molecule has 0 aromatic heterocycles. The first-order valence-corrected chi connectivity index (χ1v) is 5.11. The molecule has 0 aliphatic heterocycles. The van der Waals surface area contributed by atoms with Crippen LogP contribution < -0.4 is 0 Å². The summed E-state index contributed by atoms with van der Waals surface area (Å²) in [7, 11) is 0. The minimum absolute atomic E-state index is 0.233. The number of alkyl halides is 3. The van der Waals surface area contributed by atoms with E-state index in [1.54, 1.807) is 0 Å². The van der Waals surface area contributed by atoms with E-state index < -0.39 is 12.1 Å². The normalized spacial score (nSPS) is 12.7. The van der Waals surface area contributed by atoms with Gasteiger partial charge in [0.1, 0.15) is 0 Å². The fraction of sp³-hybridized carbons (Fsp3) is 0.455. The maximum Gasteiger partial charge on any atom is 0.395 e. The third-order valence-corrected chi connectivity index (χ3v) is 2.11. The fourth-order valence-electron chi connectivity index (χ4n) is 0.940. The molecule has 0 bridgehead atoms. The van der Waals surface area contributed by atoms with Crippen LogP contribution in [-0.2, 0) is 0 Å². The quantitative estimate of drug-likeness (QED) is 0.644. The van der Waals surface area contributed by atoms with Crippen LogP contribution in [0.2, 0.25) is 5.02 Å². The standard InChI is InChI=1S/C9H8ClF3.C2H6/c1-6(9(11,12)13)7-2-4-8(10)5-3-7;1-2/h2-6H,1H3;1-2H3. The summed E-state index contributed by atoms with van der Waals surface area (Å²) in [5.74, 6) is -1.44. The van der Waals surface area contributed by atoms with Crippen LogP contribution in [-0.4, -0.2) is 6.18 Å². The molecular weight excluding hydrogens is 225 g/mol. The molecule has 0 N–H and O–H groups in total. The van der Waals surface area contributed by atoms with Gasteiger partial charge in [-0.2, -0.15) is 13.2 Å². The van der Waals surface area contributed by atoms with E-state index in [-0.39, 0.29) is 5.56 Å². The zero-order valence-electron chi connectivity index (χ0n) is 8.90. The maximum atomic E-state index is 12.2. The molecule has 0 amide bonds. The number of halogens is 4. The van der Waals surface area contributed by atoms with Crippen molar-refractivity contribution in [2.75, 3.05) is 0 Å². The Morgan fingerprint density at radius 3 is 1.80 bits per heavy atom. The molecule has 0 heterocycles. The van der Waals surface area contributed by atoms with Crippen LogP contribution in [0.5, 0.6) is 0 Å². The molecule has 0 spiro atoms. The van der Waals surface area contributed by atoms with Crippen molar-refractivity contribution in [1.29, 1.82) is 0 Å². The summed E-state index contributed by atoms with van der Waals surface area (Å²) in [6, 6.07) is 5.69. The number of hydrogen-bond donors (Lipinski definition) is 0. The van der Waals surface area contributed by atoms with Crippen molar-refractivity contribution in [3.05, 3.63) is 34.9 Å². The molecule has 86 valence electrons. The molecule has 0 aliphatic carbocycles. The molecule has 0 fully saturated rings. The first-order chi connectivity index (χ1) is 6.91. The minimum Gasteiger partial charge on any atom is -0.170 e. The van der Waals surface area contributed by atoms with Gasteiger partial charge in [-0.1, -0.05) is 37.6 Å². The monoisotopic (exact) mass is 238 g/mol. The summed E-state index contributed by atoms with van der Waals surface area (Å²) in [5, 5.41) is 0.443. The number of hydrogen-bond acceptors (Lipinski definition) is 0. The Morgan fingerprint density at radius 2 is 1.47 bits per heavy atom. The third kappa shape index (κ3) is 4.56. The van der Waals surface area contributed by atoms with Crippen molar-refractivity contribution in [3.8, 4) is 0 Å². The van der Waals surface area contributed by atoms with Gasteiger partial charge in [-0.3, -0.25) is 0 Å². The van der Waals surface area contributed by atoms with Gasteiger partial charge in [0.2, 0.25) is 0 Å². The lowest BCUT2D eigenvalue weighted by atomic mass is 10.0. The first kappa shape index (κ1) is 14.3. The summed E-state index contributed by atoms with van der Waals surface area (Å²) >= 11 is 5.55. The first-order valence-electron chi connectivity index (χ1n) is 4.73. The average Bonchev–Trinajstić information content (AvgIpc) is 2.20. The molecule has 1 aromatic rings. The highest BCUT2D eigenvalue weighted by molar-refractivity contribution is 6.30. The Bertz CT molecular complexity index is 277. The lowest BCUT2D eigenvalue weighted by molar-refractivity contribution is -0.146. The Morgan fingerprint density at radius 1 is 1.07 bits per heavy atom. The van der Waals surface area contributed by atoms with Crippen LogP contribution in [0.15, 0.2) is 24.3 Å². The molecule has 0 saturated carbocycles. The highest BCUT2D eigenvalue weighted by atomic mass is 35.5. The summed E-state index contributed by atoms with van der Waals surface area (Å²) in [4.78, 5) is 0.